The van der Waals surface area contributed by atoms with Gasteiger partial charge in [-0.15, -0.1) is 0 Å². The molecular formula is C26H34N6O. The molecule has 2 aliphatic rings. The average molecular weight is 447 g/mol. The maximum atomic E-state index is 10.5. The summed E-state index contributed by atoms with van der Waals surface area (Å²) >= 11 is 0. The van der Waals surface area contributed by atoms with Crippen molar-refractivity contribution >= 4 is 28.1 Å². The number of aromatic nitrogens is 2. The highest BCUT2D eigenvalue weighted by molar-refractivity contribution is 6.13. The van der Waals surface area contributed by atoms with Crippen LogP contribution in [0.1, 0.15) is 46.2 Å². The highest BCUT2D eigenvalue weighted by Gasteiger charge is 2.33. The zero-order valence-electron chi connectivity index (χ0n) is 20.1. The number of fused-ring (bicyclic) bond motifs is 1. The van der Waals surface area contributed by atoms with Gasteiger partial charge < -0.3 is 26.0 Å². The van der Waals surface area contributed by atoms with Crippen LogP contribution in [0.3, 0.4) is 0 Å². The molecule has 7 nitrogen and oxygen atoms in total. The Hall–Kier alpha value is -3.19. The van der Waals surface area contributed by atoms with E-state index in [4.69, 9.17) is 15.4 Å². The summed E-state index contributed by atoms with van der Waals surface area (Å²) in [6.45, 7) is 9.52. The van der Waals surface area contributed by atoms with Crippen molar-refractivity contribution in [2.45, 2.75) is 58.2 Å². The number of nitrogens with one attached hydrogen (secondary N) is 3. The van der Waals surface area contributed by atoms with Crippen LogP contribution in [0.2, 0.25) is 0 Å². The first kappa shape index (κ1) is 23.0. The van der Waals surface area contributed by atoms with Gasteiger partial charge in [-0.3, -0.25) is 0 Å². The second kappa shape index (κ2) is 8.98. The molecular weight excluding hydrogens is 412 g/mol. The van der Waals surface area contributed by atoms with Crippen molar-refractivity contribution in [1.82, 2.24) is 20.6 Å². The number of allylic oxidation sites excluding steroid dienone is 4. The van der Waals surface area contributed by atoms with E-state index >= 15 is 0 Å². The van der Waals surface area contributed by atoms with Crippen molar-refractivity contribution in [3.8, 4) is 0 Å². The van der Waals surface area contributed by atoms with Gasteiger partial charge in [-0.25, -0.2) is 9.97 Å². The monoisotopic (exact) mass is 446 g/mol. The number of nitrogens with zero attached hydrogens (tertiary/aromatic N) is 3. The van der Waals surface area contributed by atoms with Gasteiger partial charge in [0.25, 0.3) is 0 Å². The van der Waals surface area contributed by atoms with Gasteiger partial charge in [0.15, 0.2) is 0 Å². The highest BCUT2D eigenvalue weighted by Crippen LogP contribution is 2.30. The molecule has 2 atom stereocenters. The van der Waals surface area contributed by atoms with Crippen LogP contribution in [0.4, 0.5) is 5.82 Å². The highest BCUT2D eigenvalue weighted by atomic mass is 16.3. The summed E-state index contributed by atoms with van der Waals surface area (Å²) < 4.78 is 0. The minimum absolute atomic E-state index is 0.0486. The molecule has 0 saturated carbocycles. The van der Waals surface area contributed by atoms with Gasteiger partial charge in [-0.1, -0.05) is 0 Å². The van der Waals surface area contributed by atoms with Crippen LogP contribution in [0.25, 0.3) is 16.6 Å². The van der Waals surface area contributed by atoms with E-state index in [0.717, 1.165) is 36.2 Å². The predicted molar refractivity (Wildman–Crippen MR) is 136 cm³/mol. The Kier molecular flexibility index (Phi) is 6.26. The molecule has 3 heterocycles. The first-order valence-electron chi connectivity index (χ1n) is 11.6. The first-order chi connectivity index (χ1) is 15.7. The average Bonchev–Trinajstić information content (AvgIpc) is 2.76. The normalized spacial score (nSPS) is 23.9. The van der Waals surface area contributed by atoms with E-state index in [0.29, 0.717) is 28.9 Å². The minimum atomic E-state index is 0.0486. The van der Waals surface area contributed by atoms with E-state index in [1.54, 1.807) is 12.3 Å². The van der Waals surface area contributed by atoms with Gasteiger partial charge in [0, 0.05) is 54.6 Å². The number of aliphatic hydroxyl groups excluding tert-OH is 1. The molecule has 1 saturated heterocycles. The SMILES string of the molecule is CCN/C=C1/C=C(c2ccc3nc(N(C)C4CC(C)NC(C)(C)C4)ccc3n2)C(O)=CC1=N. The lowest BCUT2D eigenvalue weighted by Crippen LogP contribution is -2.56. The van der Waals surface area contributed by atoms with Gasteiger partial charge in [0.2, 0.25) is 0 Å². The largest absolute Gasteiger partial charge is 0.507 e. The lowest BCUT2D eigenvalue weighted by Gasteiger charge is -2.44. The summed E-state index contributed by atoms with van der Waals surface area (Å²) in [5, 5.41) is 25.4. The molecule has 0 bridgehead atoms. The maximum Gasteiger partial charge on any atom is 0.129 e. The summed E-state index contributed by atoms with van der Waals surface area (Å²) in [6.07, 6.45) is 7.18. The Morgan fingerprint density at radius 1 is 1.21 bits per heavy atom. The van der Waals surface area contributed by atoms with Gasteiger partial charge >= 0.3 is 0 Å². The standard InChI is InChI=1S/C26H34N6O/c1-6-28-15-17-12-19(24(33)13-20(17)27)21-7-8-23-22(29-21)9-10-25(30-23)32(5)18-11-16(2)31-26(3,4)14-18/h7-10,12-13,15-16,18,27-28,31,33H,6,11,14H2,1-5H3/b17-15-,27-20?. The Morgan fingerprint density at radius 3 is 2.67 bits per heavy atom. The molecule has 1 aliphatic carbocycles. The van der Waals surface area contributed by atoms with Crippen LogP contribution in [0, 0.1) is 5.41 Å². The van der Waals surface area contributed by atoms with Crippen LogP contribution < -0.4 is 15.5 Å². The number of rotatable bonds is 5. The minimum Gasteiger partial charge on any atom is -0.507 e. The van der Waals surface area contributed by atoms with Crippen molar-refractivity contribution in [2.24, 2.45) is 0 Å². The van der Waals surface area contributed by atoms with Gasteiger partial charge in [0.1, 0.15) is 11.6 Å². The molecule has 0 radical (unpaired) electrons. The van der Waals surface area contributed by atoms with Crippen LogP contribution in [0.5, 0.6) is 0 Å². The molecule has 0 spiro atoms. The lowest BCUT2D eigenvalue weighted by atomic mass is 9.85. The van der Waals surface area contributed by atoms with Crippen LogP contribution >= 0.6 is 0 Å². The molecule has 1 fully saturated rings. The van der Waals surface area contributed by atoms with Crippen LogP contribution in [-0.4, -0.2) is 52.0 Å². The predicted octanol–water partition coefficient (Wildman–Crippen LogP) is 4.34. The van der Waals surface area contributed by atoms with Crippen molar-refractivity contribution < 1.29 is 5.11 Å². The molecule has 4 rings (SSSR count). The van der Waals surface area contributed by atoms with Crippen molar-refractivity contribution in [3.63, 3.8) is 0 Å². The van der Waals surface area contributed by atoms with Gasteiger partial charge in [0.05, 0.1) is 22.4 Å². The number of hydrogen-bond donors (Lipinski definition) is 4. The lowest BCUT2D eigenvalue weighted by molar-refractivity contribution is 0.226. The van der Waals surface area contributed by atoms with E-state index in [1.165, 1.54) is 6.08 Å². The third-order valence-corrected chi connectivity index (χ3v) is 6.35. The number of aliphatic hydroxyl groups is 1. The van der Waals surface area contributed by atoms with E-state index < -0.39 is 0 Å². The molecule has 33 heavy (non-hydrogen) atoms. The molecule has 2 unspecified atom stereocenters. The summed E-state index contributed by atoms with van der Waals surface area (Å²) in [5.41, 5.74) is 3.93. The summed E-state index contributed by atoms with van der Waals surface area (Å²) in [4.78, 5) is 11.9. The Morgan fingerprint density at radius 2 is 1.94 bits per heavy atom. The second-order valence-electron chi connectivity index (χ2n) is 9.70. The number of piperidine rings is 1. The third kappa shape index (κ3) is 4.93. The van der Waals surface area contributed by atoms with Crippen molar-refractivity contribution in [2.75, 3.05) is 18.5 Å². The van der Waals surface area contributed by atoms with E-state index in [9.17, 15) is 5.11 Å². The summed E-state index contributed by atoms with van der Waals surface area (Å²) in [5.74, 6) is 0.989. The Bertz CT molecular complexity index is 1160. The molecule has 0 aromatic carbocycles. The number of pyridine rings is 2. The Labute approximate surface area is 195 Å². The summed E-state index contributed by atoms with van der Waals surface area (Å²) in [7, 11) is 2.12. The zero-order valence-corrected chi connectivity index (χ0v) is 20.1. The van der Waals surface area contributed by atoms with Gasteiger partial charge in [-0.05, 0) is 70.9 Å². The van der Waals surface area contributed by atoms with Crippen molar-refractivity contribution in [1.29, 1.82) is 5.41 Å². The third-order valence-electron chi connectivity index (χ3n) is 6.35. The smallest absolute Gasteiger partial charge is 0.129 e. The number of hydrogen-bond acceptors (Lipinski definition) is 7. The number of anilines is 1. The summed E-state index contributed by atoms with van der Waals surface area (Å²) in [6, 6.07) is 8.73. The van der Waals surface area contributed by atoms with Crippen LogP contribution in [0.15, 0.2) is 53.9 Å². The molecule has 2 aromatic rings. The maximum absolute atomic E-state index is 10.5. The van der Waals surface area contributed by atoms with E-state index in [2.05, 4.69) is 43.4 Å². The molecule has 174 valence electrons. The second-order valence-corrected chi connectivity index (χ2v) is 9.70. The Balaban J connectivity index is 1.62. The fraction of sp³-hybridized carbons (Fsp3) is 0.423. The molecule has 1 aliphatic heterocycles. The fourth-order valence-corrected chi connectivity index (χ4v) is 4.83. The quantitative estimate of drug-likeness (QED) is 0.546. The zero-order chi connectivity index (χ0) is 23.8. The van der Waals surface area contributed by atoms with E-state index in [1.807, 2.05) is 31.2 Å². The first-order valence-corrected chi connectivity index (χ1v) is 11.6. The molecule has 4 N–H and O–H groups in total. The molecule has 7 heteroatoms. The van der Waals surface area contributed by atoms with Gasteiger partial charge in [-0.2, -0.15) is 0 Å². The fourth-order valence-electron chi connectivity index (χ4n) is 4.83. The van der Waals surface area contributed by atoms with E-state index in [-0.39, 0.29) is 17.0 Å². The van der Waals surface area contributed by atoms with Crippen molar-refractivity contribution in [3.05, 3.63) is 59.6 Å². The topological polar surface area (TPSA) is 97.2 Å². The molecule has 2 aromatic heterocycles. The molecule has 0 amide bonds. The van der Waals surface area contributed by atoms with Crippen LogP contribution in [-0.2, 0) is 0 Å².